The standard InChI is InChI=1S/C18H26N2O3/c1-13-6-7-16(11-14(13)2)20(15(3)21)9-8-18(22)19-12-17-5-4-10-23-17/h6-7,11,17H,4-5,8-10,12H2,1-3H3,(H,19,22). The molecular weight excluding hydrogens is 292 g/mol. The highest BCUT2D eigenvalue weighted by Gasteiger charge is 2.17. The Morgan fingerprint density at radius 2 is 2.09 bits per heavy atom. The van der Waals surface area contributed by atoms with E-state index in [0.717, 1.165) is 30.7 Å². The zero-order valence-corrected chi connectivity index (χ0v) is 14.2. The predicted molar refractivity (Wildman–Crippen MR) is 90.5 cm³/mol. The highest BCUT2D eigenvalue weighted by Crippen LogP contribution is 2.19. The third-order valence-corrected chi connectivity index (χ3v) is 4.30. The van der Waals surface area contributed by atoms with Gasteiger partial charge < -0.3 is 15.0 Å². The summed E-state index contributed by atoms with van der Waals surface area (Å²) in [7, 11) is 0. The molecule has 1 aliphatic heterocycles. The molecule has 1 heterocycles. The molecule has 0 aromatic heterocycles. The van der Waals surface area contributed by atoms with Gasteiger partial charge >= 0.3 is 0 Å². The number of nitrogens with one attached hydrogen (secondary N) is 1. The SMILES string of the molecule is CC(=O)N(CCC(=O)NCC1CCCO1)c1ccc(C)c(C)c1. The van der Waals surface area contributed by atoms with E-state index in [0.29, 0.717) is 19.5 Å². The minimum Gasteiger partial charge on any atom is -0.376 e. The van der Waals surface area contributed by atoms with E-state index in [-0.39, 0.29) is 17.9 Å². The zero-order valence-electron chi connectivity index (χ0n) is 14.2. The van der Waals surface area contributed by atoms with Gasteiger partial charge in [0.1, 0.15) is 0 Å². The summed E-state index contributed by atoms with van der Waals surface area (Å²) in [5.41, 5.74) is 3.16. The smallest absolute Gasteiger partial charge is 0.223 e. The van der Waals surface area contributed by atoms with Gasteiger partial charge in [-0.05, 0) is 49.9 Å². The van der Waals surface area contributed by atoms with Crippen molar-refractivity contribution in [2.24, 2.45) is 0 Å². The molecule has 0 radical (unpaired) electrons. The summed E-state index contributed by atoms with van der Waals surface area (Å²) >= 11 is 0. The second kappa shape index (κ2) is 8.11. The van der Waals surface area contributed by atoms with Gasteiger partial charge in [-0.25, -0.2) is 0 Å². The van der Waals surface area contributed by atoms with Crippen LogP contribution in [-0.2, 0) is 14.3 Å². The number of amides is 2. The number of rotatable bonds is 6. The molecule has 0 aliphatic carbocycles. The van der Waals surface area contributed by atoms with E-state index in [9.17, 15) is 9.59 Å². The van der Waals surface area contributed by atoms with Crippen molar-refractivity contribution in [2.75, 3.05) is 24.6 Å². The molecule has 1 aliphatic rings. The maximum absolute atomic E-state index is 12.0. The third-order valence-electron chi connectivity index (χ3n) is 4.30. The Labute approximate surface area is 138 Å². The van der Waals surface area contributed by atoms with Crippen molar-refractivity contribution in [2.45, 2.75) is 46.1 Å². The van der Waals surface area contributed by atoms with Crippen LogP contribution in [0.3, 0.4) is 0 Å². The van der Waals surface area contributed by atoms with Crippen molar-refractivity contribution in [3.63, 3.8) is 0 Å². The number of hydrogen-bond donors (Lipinski definition) is 1. The van der Waals surface area contributed by atoms with Gasteiger partial charge in [0.25, 0.3) is 0 Å². The molecule has 2 rings (SSSR count). The molecule has 1 fully saturated rings. The predicted octanol–water partition coefficient (Wildman–Crippen LogP) is 2.34. The third kappa shape index (κ3) is 5.06. The number of nitrogens with zero attached hydrogens (tertiary/aromatic N) is 1. The van der Waals surface area contributed by atoms with Crippen LogP contribution >= 0.6 is 0 Å². The van der Waals surface area contributed by atoms with E-state index >= 15 is 0 Å². The van der Waals surface area contributed by atoms with Gasteiger partial charge in [-0.1, -0.05) is 6.07 Å². The van der Waals surface area contributed by atoms with E-state index in [1.807, 2.05) is 32.0 Å². The number of aryl methyl sites for hydroxylation is 2. The lowest BCUT2D eigenvalue weighted by Gasteiger charge is -2.22. The first-order valence-electron chi connectivity index (χ1n) is 8.21. The van der Waals surface area contributed by atoms with Crippen molar-refractivity contribution in [1.29, 1.82) is 0 Å². The molecule has 23 heavy (non-hydrogen) atoms. The monoisotopic (exact) mass is 318 g/mol. The van der Waals surface area contributed by atoms with Crippen molar-refractivity contribution in [3.05, 3.63) is 29.3 Å². The van der Waals surface area contributed by atoms with Gasteiger partial charge in [-0.3, -0.25) is 9.59 Å². The second-order valence-electron chi connectivity index (χ2n) is 6.13. The first-order chi connectivity index (χ1) is 11.0. The lowest BCUT2D eigenvalue weighted by Crippen LogP contribution is -2.36. The second-order valence-corrected chi connectivity index (χ2v) is 6.13. The zero-order chi connectivity index (χ0) is 16.8. The van der Waals surface area contributed by atoms with Gasteiger partial charge in [0.2, 0.25) is 11.8 Å². The molecule has 1 aromatic carbocycles. The largest absolute Gasteiger partial charge is 0.376 e. The van der Waals surface area contributed by atoms with Crippen LogP contribution in [0, 0.1) is 13.8 Å². The first-order valence-corrected chi connectivity index (χ1v) is 8.21. The van der Waals surface area contributed by atoms with Crippen LogP contribution in [0.1, 0.15) is 37.3 Å². The highest BCUT2D eigenvalue weighted by molar-refractivity contribution is 5.92. The van der Waals surface area contributed by atoms with Gasteiger partial charge in [-0.2, -0.15) is 0 Å². The van der Waals surface area contributed by atoms with E-state index in [4.69, 9.17) is 4.74 Å². The Bertz CT molecular complexity index is 565. The van der Waals surface area contributed by atoms with E-state index in [1.54, 1.807) is 4.90 Å². The molecule has 1 N–H and O–H groups in total. The fraction of sp³-hybridized carbons (Fsp3) is 0.556. The molecular formula is C18H26N2O3. The van der Waals surface area contributed by atoms with Crippen LogP contribution in [0.25, 0.3) is 0 Å². The Hall–Kier alpha value is -1.88. The number of benzene rings is 1. The number of hydrogen-bond acceptors (Lipinski definition) is 3. The normalized spacial score (nSPS) is 17.1. The van der Waals surface area contributed by atoms with Crippen LogP contribution in [0.2, 0.25) is 0 Å². The minimum atomic E-state index is -0.0554. The lowest BCUT2D eigenvalue weighted by molar-refractivity contribution is -0.121. The van der Waals surface area contributed by atoms with E-state index in [2.05, 4.69) is 5.32 Å². The van der Waals surface area contributed by atoms with Crippen LogP contribution in [0.4, 0.5) is 5.69 Å². The average molecular weight is 318 g/mol. The summed E-state index contributed by atoms with van der Waals surface area (Å²) < 4.78 is 5.48. The van der Waals surface area contributed by atoms with Crippen molar-refractivity contribution < 1.29 is 14.3 Å². The number of ether oxygens (including phenoxy) is 1. The molecule has 0 spiro atoms. The quantitative estimate of drug-likeness (QED) is 0.876. The summed E-state index contributed by atoms with van der Waals surface area (Å²) in [4.78, 5) is 25.5. The number of carbonyl (C=O) groups excluding carboxylic acids is 2. The van der Waals surface area contributed by atoms with Gasteiger partial charge in [0, 0.05) is 38.7 Å². The lowest BCUT2D eigenvalue weighted by atomic mass is 10.1. The van der Waals surface area contributed by atoms with Gasteiger partial charge in [0.15, 0.2) is 0 Å². The summed E-state index contributed by atoms with van der Waals surface area (Å²) in [6.45, 7) is 7.31. The summed E-state index contributed by atoms with van der Waals surface area (Å²) in [5.74, 6) is -0.101. The average Bonchev–Trinajstić information content (AvgIpc) is 3.02. The molecule has 1 saturated heterocycles. The molecule has 2 amide bonds. The molecule has 0 saturated carbocycles. The molecule has 0 bridgehead atoms. The van der Waals surface area contributed by atoms with E-state index < -0.39 is 0 Å². The Morgan fingerprint density at radius 1 is 1.30 bits per heavy atom. The number of anilines is 1. The fourth-order valence-electron chi connectivity index (χ4n) is 2.70. The van der Waals surface area contributed by atoms with Crippen molar-refractivity contribution >= 4 is 17.5 Å². The topological polar surface area (TPSA) is 58.6 Å². The molecule has 1 atom stereocenters. The van der Waals surface area contributed by atoms with Crippen LogP contribution < -0.4 is 10.2 Å². The van der Waals surface area contributed by atoms with Gasteiger partial charge in [-0.15, -0.1) is 0 Å². The number of carbonyl (C=O) groups is 2. The Balaban J connectivity index is 1.87. The Morgan fingerprint density at radius 3 is 2.70 bits per heavy atom. The van der Waals surface area contributed by atoms with E-state index in [1.165, 1.54) is 12.5 Å². The summed E-state index contributed by atoms with van der Waals surface area (Å²) in [6, 6.07) is 5.91. The van der Waals surface area contributed by atoms with Crippen LogP contribution in [0.5, 0.6) is 0 Å². The summed E-state index contributed by atoms with van der Waals surface area (Å²) in [6.07, 6.45) is 2.50. The maximum Gasteiger partial charge on any atom is 0.223 e. The molecule has 1 unspecified atom stereocenters. The maximum atomic E-state index is 12.0. The summed E-state index contributed by atoms with van der Waals surface area (Å²) in [5, 5.41) is 2.89. The fourth-order valence-corrected chi connectivity index (χ4v) is 2.70. The first kappa shape index (κ1) is 17.5. The van der Waals surface area contributed by atoms with Gasteiger partial charge in [0.05, 0.1) is 6.10 Å². The van der Waals surface area contributed by atoms with Crippen LogP contribution in [-0.4, -0.2) is 37.6 Å². The molecule has 5 nitrogen and oxygen atoms in total. The minimum absolute atomic E-state index is 0.0458. The Kier molecular flexibility index (Phi) is 6.16. The van der Waals surface area contributed by atoms with Crippen LogP contribution in [0.15, 0.2) is 18.2 Å². The van der Waals surface area contributed by atoms with Crippen molar-refractivity contribution in [3.8, 4) is 0 Å². The van der Waals surface area contributed by atoms with Crippen molar-refractivity contribution in [1.82, 2.24) is 5.32 Å². The molecule has 1 aromatic rings. The highest BCUT2D eigenvalue weighted by atomic mass is 16.5. The molecule has 126 valence electrons. The molecule has 5 heteroatoms.